The van der Waals surface area contributed by atoms with E-state index in [1.807, 2.05) is 18.2 Å². The van der Waals surface area contributed by atoms with Crippen LogP contribution in [0.4, 0.5) is 0 Å². The van der Waals surface area contributed by atoms with Gasteiger partial charge in [-0.3, -0.25) is 0 Å². The summed E-state index contributed by atoms with van der Waals surface area (Å²) >= 11 is 6.05. The molecule has 0 aliphatic carbocycles. The van der Waals surface area contributed by atoms with E-state index in [2.05, 4.69) is 30.3 Å². The summed E-state index contributed by atoms with van der Waals surface area (Å²) in [5, 5.41) is 0.737. The van der Waals surface area contributed by atoms with Crippen molar-refractivity contribution in [2.45, 2.75) is 39.8 Å². The third kappa shape index (κ3) is 2.52. The first-order chi connectivity index (χ1) is 8.52. The van der Waals surface area contributed by atoms with Crippen LogP contribution in [-0.4, -0.2) is 9.55 Å². The van der Waals surface area contributed by atoms with Gasteiger partial charge in [-0.05, 0) is 37.5 Å². The van der Waals surface area contributed by atoms with Gasteiger partial charge in [0.05, 0.1) is 17.1 Å². The lowest BCUT2D eigenvalue weighted by molar-refractivity contribution is 0.479. The number of nitrogens with zero attached hydrogens (tertiary/aromatic N) is 2. The maximum Gasteiger partial charge on any atom is 0.126 e. The molecule has 0 saturated heterocycles. The molecule has 98 valence electrons. The van der Waals surface area contributed by atoms with Crippen LogP contribution in [0.3, 0.4) is 0 Å². The number of aromatic nitrogens is 2. The van der Waals surface area contributed by atoms with E-state index in [9.17, 15) is 0 Å². The summed E-state index contributed by atoms with van der Waals surface area (Å²) in [5.74, 6) is 1.53. The fourth-order valence-electron chi connectivity index (χ4n) is 2.34. The molecule has 0 fully saturated rings. The first kappa shape index (κ1) is 13.4. The van der Waals surface area contributed by atoms with E-state index >= 15 is 0 Å². The Balaban J connectivity index is 2.50. The fraction of sp³-hybridized carbons (Fsp3) is 0.500. The maximum atomic E-state index is 6.26. The number of imidazole rings is 1. The molecule has 0 spiro atoms. The van der Waals surface area contributed by atoms with Crippen molar-refractivity contribution in [1.29, 1.82) is 0 Å². The van der Waals surface area contributed by atoms with Gasteiger partial charge in [0.1, 0.15) is 5.82 Å². The molecule has 0 bridgehead atoms. The molecule has 2 aromatic rings. The molecule has 0 amide bonds. The van der Waals surface area contributed by atoms with Crippen molar-refractivity contribution in [3.8, 4) is 0 Å². The highest BCUT2D eigenvalue weighted by molar-refractivity contribution is 6.31. The minimum absolute atomic E-state index is 0.0175. The van der Waals surface area contributed by atoms with Gasteiger partial charge in [0.25, 0.3) is 0 Å². The van der Waals surface area contributed by atoms with Crippen molar-refractivity contribution in [3.05, 3.63) is 29.0 Å². The van der Waals surface area contributed by atoms with Crippen LogP contribution in [0.2, 0.25) is 5.02 Å². The Morgan fingerprint density at radius 2 is 2.11 bits per heavy atom. The molecule has 0 saturated carbocycles. The second-order valence-corrected chi connectivity index (χ2v) is 5.52. The molecule has 1 aromatic carbocycles. The summed E-state index contributed by atoms with van der Waals surface area (Å²) in [4.78, 5) is 4.66. The SMILES string of the molecule is CCn1c(C(N)CC(C)C)nc2ccc(Cl)cc21. The van der Waals surface area contributed by atoms with E-state index in [4.69, 9.17) is 17.3 Å². The standard InChI is InChI=1S/C14H20ClN3/c1-4-18-13-8-10(15)5-6-12(13)17-14(18)11(16)7-9(2)3/h5-6,8-9,11H,4,7,16H2,1-3H3. The number of benzene rings is 1. The Bertz CT molecular complexity index is 545. The van der Waals surface area contributed by atoms with Crippen LogP contribution in [0, 0.1) is 5.92 Å². The van der Waals surface area contributed by atoms with E-state index in [0.717, 1.165) is 34.8 Å². The molecule has 2 N–H and O–H groups in total. The quantitative estimate of drug-likeness (QED) is 0.915. The van der Waals surface area contributed by atoms with Gasteiger partial charge in [0.15, 0.2) is 0 Å². The smallest absolute Gasteiger partial charge is 0.126 e. The number of rotatable bonds is 4. The summed E-state index contributed by atoms with van der Waals surface area (Å²) in [6.45, 7) is 7.32. The van der Waals surface area contributed by atoms with Crippen molar-refractivity contribution < 1.29 is 0 Å². The van der Waals surface area contributed by atoms with E-state index < -0.39 is 0 Å². The fourth-order valence-corrected chi connectivity index (χ4v) is 2.51. The summed E-state index contributed by atoms with van der Waals surface area (Å²) in [7, 11) is 0. The second kappa shape index (κ2) is 5.29. The van der Waals surface area contributed by atoms with Gasteiger partial charge in [0.2, 0.25) is 0 Å². The van der Waals surface area contributed by atoms with Crippen LogP contribution in [0.1, 0.15) is 39.1 Å². The molecule has 1 unspecified atom stereocenters. The molecule has 3 nitrogen and oxygen atoms in total. The number of hydrogen-bond acceptors (Lipinski definition) is 2. The van der Waals surface area contributed by atoms with Crippen LogP contribution in [0.25, 0.3) is 11.0 Å². The predicted octanol–water partition coefficient (Wildman–Crippen LogP) is 3.76. The molecule has 1 atom stereocenters. The number of aryl methyl sites for hydroxylation is 1. The molecule has 1 aromatic heterocycles. The average Bonchev–Trinajstić information content (AvgIpc) is 2.65. The molecule has 2 rings (SSSR count). The highest BCUT2D eigenvalue weighted by Gasteiger charge is 2.17. The van der Waals surface area contributed by atoms with Crippen LogP contribution in [0.5, 0.6) is 0 Å². The van der Waals surface area contributed by atoms with Crippen LogP contribution in [0.15, 0.2) is 18.2 Å². The van der Waals surface area contributed by atoms with Gasteiger partial charge in [-0.15, -0.1) is 0 Å². The average molecular weight is 266 g/mol. The number of halogens is 1. The van der Waals surface area contributed by atoms with Crippen molar-refractivity contribution in [1.82, 2.24) is 9.55 Å². The Hall–Kier alpha value is -1.06. The lowest BCUT2D eigenvalue weighted by Crippen LogP contribution is -2.18. The molecule has 4 heteroatoms. The molecule has 0 aliphatic rings. The lowest BCUT2D eigenvalue weighted by atomic mass is 10.0. The van der Waals surface area contributed by atoms with Crippen LogP contribution < -0.4 is 5.73 Å². The van der Waals surface area contributed by atoms with E-state index in [1.165, 1.54) is 0 Å². The van der Waals surface area contributed by atoms with Crippen LogP contribution >= 0.6 is 11.6 Å². The van der Waals surface area contributed by atoms with Crippen molar-refractivity contribution >= 4 is 22.6 Å². The molecule has 18 heavy (non-hydrogen) atoms. The van der Waals surface area contributed by atoms with Gasteiger partial charge in [0, 0.05) is 11.6 Å². The van der Waals surface area contributed by atoms with Gasteiger partial charge in [-0.1, -0.05) is 25.4 Å². The minimum atomic E-state index is -0.0175. The Morgan fingerprint density at radius 1 is 1.39 bits per heavy atom. The van der Waals surface area contributed by atoms with E-state index in [0.29, 0.717) is 5.92 Å². The van der Waals surface area contributed by atoms with Gasteiger partial charge in [-0.2, -0.15) is 0 Å². The zero-order valence-electron chi connectivity index (χ0n) is 11.2. The summed E-state index contributed by atoms with van der Waals surface area (Å²) in [6, 6.07) is 5.76. The Labute approximate surface area is 113 Å². The van der Waals surface area contributed by atoms with Crippen molar-refractivity contribution in [2.75, 3.05) is 0 Å². The molecule has 0 radical (unpaired) electrons. The largest absolute Gasteiger partial charge is 0.327 e. The minimum Gasteiger partial charge on any atom is -0.327 e. The van der Waals surface area contributed by atoms with Crippen molar-refractivity contribution in [2.24, 2.45) is 11.7 Å². The first-order valence-electron chi connectivity index (χ1n) is 6.44. The van der Waals surface area contributed by atoms with E-state index in [1.54, 1.807) is 0 Å². The third-order valence-corrected chi connectivity index (χ3v) is 3.35. The lowest BCUT2D eigenvalue weighted by Gasteiger charge is -2.15. The molecule has 0 aliphatic heterocycles. The van der Waals surface area contributed by atoms with Crippen LogP contribution in [-0.2, 0) is 6.54 Å². The monoisotopic (exact) mass is 265 g/mol. The molecular weight excluding hydrogens is 246 g/mol. The zero-order valence-corrected chi connectivity index (χ0v) is 11.9. The van der Waals surface area contributed by atoms with Gasteiger partial charge in [-0.25, -0.2) is 4.98 Å². The highest BCUT2D eigenvalue weighted by atomic mass is 35.5. The second-order valence-electron chi connectivity index (χ2n) is 5.08. The Morgan fingerprint density at radius 3 is 2.72 bits per heavy atom. The molecule has 1 heterocycles. The van der Waals surface area contributed by atoms with Gasteiger partial charge >= 0.3 is 0 Å². The van der Waals surface area contributed by atoms with Crippen molar-refractivity contribution in [3.63, 3.8) is 0 Å². The summed E-state index contributed by atoms with van der Waals surface area (Å²) < 4.78 is 2.16. The number of hydrogen-bond donors (Lipinski definition) is 1. The summed E-state index contributed by atoms with van der Waals surface area (Å²) in [6.07, 6.45) is 0.942. The first-order valence-corrected chi connectivity index (χ1v) is 6.82. The Kier molecular flexibility index (Phi) is 3.93. The predicted molar refractivity (Wildman–Crippen MR) is 76.8 cm³/mol. The topological polar surface area (TPSA) is 43.8 Å². The number of fused-ring (bicyclic) bond motifs is 1. The molecular formula is C14H20ClN3. The normalized spacial score (nSPS) is 13.4. The highest BCUT2D eigenvalue weighted by Crippen LogP contribution is 2.25. The zero-order chi connectivity index (χ0) is 13.3. The number of nitrogens with two attached hydrogens (primary N) is 1. The summed E-state index contributed by atoms with van der Waals surface area (Å²) in [5.41, 5.74) is 8.29. The van der Waals surface area contributed by atoms with E-state index in [-0.39, 0.29) is 6.04 Å². The maximum absolute atomic E-state index is 6.26. The van der Waals surface area contributed by atoms with Gasteiger partial charge < -0.3 is 10.3 Å². The third-order valence-electron chi connectivity index (χ3n) is 3.11.